The Labute approximate surface area is 146 Å². The first-order chi connectivity index (χ1) is 11.7. The van der Waals surface area contributed by atoms with E-state index in [1.165, 1.54) is 0 Å². The zero-order chi connectivity index (χ0) is 17.9. The van der Waals surface area contributed by atoms with Gasteiger partial charge in [0.2, 0.25) is 0 Å². The van der Waals surface area contributed by atoms with Gasteiger partial charge in [-0.25, -0.2) is 0 Å². The van der Waals surface area contributed by atoms with E-state index in [2.05, 4.69) is 21.3 Å². The second-order valence-corrected chi connectivity index (χ2v) is 5.36. The van der Waals surface area contributed by atoms with Crippen molar-refractivity contribution in [2.45, 2.75) is 6.92 Å². The van der Waals surface area contributed by atoms with Gasteiger partial charge >= 0.3 is 0 Å². The lowest BCUT2D eigenvalue weighted by molar-refractivity contribution is 0.471. The number of phenolic OH excluding ortho intramolecular Hbond substituents is 1. The molecule has 0 saturated heterocycles. The number of phenols is 1. The Kier molecular flexibility index (Phi) is 17.2. The molecule has 0 radical (unpaired) electrons. The number of aryl methyl sites for hydroxylation is 1. The van der Waals surface area contributed by atoms with Crippen molar-refractivity contribution >= 4 is 0 Å². The van der Waals surface area contributed by atoms with Crippen LogP contribution in [0.4, 0.5) is 0 Å². The highest BCUT2D eigenvalue weighted by molar-refractivity contribution is 5.29. The van der Waals surface area contributed by atoms with E-state index in [1.54, 1.807) is 6.07 Å². The molecule has 0 unspecified atom stereocenters. The predicted molar refractivity (Wildman–Crippen MR) is 102 cm³/mol. The molecule has 7 heteroatoms. The fraction of sp³-hybridized carbons (Fsp3) is 0.647. The highest BCUT2D eigenvalue weighted by atomic mass is 16.3. The minimum absolute atomic E-state index is 0.368. The van der Waals surface area contributed by atoms with Gasteiger partial charge in [0.1, 0.15) is 5.75 Å². The van der Waals surface area contributed by atoms with Crippen molar-refractivity contribution in [1.29, 1.82) is 0 Å². The minimum Gasteiger partial charge on any atom is -0.508 e. The Morgan fingerprint density at radius 1 is 0.708 bits per heavy atom. The lowest BCUT2D eigenvalue weighted by Crippen LogP contribution is -2.36. The lowest BCUT2D eigenvalue weighted by atomic mass is 10.2. The van der Waals surface area contributed by atoms with Crippen molar-refractivity contribution in [2.75, 3.05) is 65.4 Å². The SMILES string of the molecule is Cc1ccccc1O.NCCNCCNCCNCCNCCN. The molecule has 0 spiro atoms. The van der Waals surface area contributed by atoms with Gasteiger partial charge in [-0.2, -0.15) is 0 Å². The average molecular weight is 341 g/mol. The summed E-state index contributed by atoms with van der Waals surface area (Å²) in [6.45, 7) is 11.0. The van der Waals surface area contributed by atoms with Gasteiger partial charge in [0, 0.05) is 65.4 Å². The number of nitrogens with two attached hydrogens (primary N) is 2. The van der Waals surface area contributed by atoms with E-state index in [0.29, 0.717) is 18.8 Å². The third kappa shape index (κ3) is 15.7. The molecule has 0 aromatic heterocycles. The summed E-state index contributed by atoms with van der Waals surface area (Å²) in [5.41, 5.74) is 11.6. The quantitative estimate of drug-likeness (QED) is 0.229. The first kappa shape index (κ1) is 22.8. The molecule has 0 heterocycles. The fourth-order valence-corrected chi connectivity index (χ4v) is 1.80. The third-order valence-electron chi connectivity index (χ3n) is 3.19. The van der Waals surface area contributed by atoms with Crippen molar-refractivity contribution in [1.82, 2.24) is 21.3 Å². The molecule has 0 aliphatic heterocycles. The van der Waals surface area contributed by atoms with Crippen molar-refractivity contribution in [3.63, 3.8) is 0 Å². The van der Waals surface area contributed by atoms with Crippen LogP contribution in [0.15, 0.2) is 24.3 Å². The maximum absolute atomic E-state index is 8.92. The molecule has 1 rings (SSSR count). The zero-order valence-corrected chi connectivity index (χ0v) is 15.0. The summed E-state index contributed by atoms with van der Waals surface area (Å²) < 4.78 is 0. The second-order valence-electron chi connectivity index (χ2n) is 5.36. The second kappa shape index (κ2) is 18.1. The van der Waals surface area contributed by atoms with E-state index in [1.807, 2.05) is 25.1 Å². The van der Waals surface area contributed by atoms with Gasteiger partial charge in [-0.3, -0.25) is 0 Å². The molecular formula is C17H36N6O. The number of aromatic hydroxyl groups is 1. The molecule has 0 bridgehead atoms. The molecule has 140 valence electrons. The Balaban J connectivity index is 0.000000546. The normalized spacial score (nSPS) is 10.3. The van der Waals surface area contributed by atoms with Crippen LogP contribution in [0.3, 0.4) is 0 Å². The minimum atomic E-state index is 0.368. The Bertz CT molecular complexity index is 343. The molecule has 0 saturated carbocycles. The number of benzene rings is 1. The first-order valence-corrected chi connectivity index (χ1v) is 8.70. The molecule has 0 amide bonds. The standard InChI is InChI=1S/C10H28N6.C7H8O/c11-1-3-13-5-7-15-9-10-16-8-6-14-4-2-12;1-6-4-2-3-5-7(6)8/h13-16H,1-12H2;2-5,8H,1H3. The van der Waals surface area contributed by atoms with Crippen LogP contribution < -0.4 is 32.7 Å². The number of hydrogen-bond donors (Lipinski definition) is 7. The fourth-order valence-electron chi connectivity index (χ4n) is 1.80. The van der Waals surface area contributed by atoms with Gasteiger partial charge in [0.05, 0.1) is 0 Å². The number of rotatable bonds is 13. The molecule has 7 nitrogen and oxygen atoms in total. The van der Waals surface area contributed by atoms with Crippen LogP contribution in [0.2, 0.25) is 0 Å². The molecule has 0 aliphatic rings. The van der Waals surface area contributed by atoms with Crippen molar-refractivity contribution < 1.29 is 5.11 Å². The van der Waals surface area contributed by atoms with Crippen LogP contribution in [-0.4, -0.2) is 70.6 Å². The van der Waals surface area contributed by atoms with E-state index in [0.717, 1.165) is 57.9 Å². The summed E-state index contributed by atoms with van der Waals surface area (Å²) in [6, 6.07) is 7.25. The van der Waals surface area contributed by atoms with Crippen LogP contribution in [0.5, 0.6) is 5.75 Å². The monoisotopic (exact) mass is 340 g/mol. The van der Waals surface area contributed by atoms with E-state index in [9.17, 15) is 0 Å². The molecule has 9 N–H and O–H groups in total. The van der Waals surface area contributed by atoms with E-state index < -0.39 is 0 Å². The van der Waals surface area contributed by atoms with Gasteiger partial charge < -0.3 is 37.8 Å². The van der Waals surface area contributed by atoms with Crippen molar-refractivity contribution in [3.05, 3.63) is 29.8 Å². The van der Waals surface area contributed by atoms with Crippen LogP contribution in [0.1, 0.15) is 5.56 Å². The molecule has 0 aliphatic carbocycles. The van der Waals surface area contributed by atoms with Gasteiger partial charge in [-0.15, -0.1) is 0 Å². The molecule has 1 aromatic rings. The topological polar surface area (TPSA) is 120 Å². The largest absolute Gasteiger partial charge is 0.508 e. The average Bonchev–Trinajstić information content (AvgIpc) is 2.59. The smallest absolute Gasteiger partial charge is 0.118 e. The summed E-state index contributed by atoms with van der Waals surface area (Å²) in [5, 5.41) is 22.1. The molecule has 1 aromatic carbocycles. The van der Waals surface area contributed by atoms with E-state index >= 15 is 0 Å². The van der Waals surface area contributed by atoms with Crippen LogP contribution in [0.25, 0.3) is 0 Å². The van der Waals surface area contributed by atoms with Crippen LogP contribution >= 0.6 is 0 Å². The third-order valence-corrected chi connectivity index (χ3v) is 3.19. The maximum atomic E-state index is 8.92. The molecule has 24 heavy (non-hydrogen) atoms. The summed E-state index contributed by atoms with van der Waals surface area (Å²) >= 11 is 0. The molecular weight excluding hydrogens is 304 g/mol. The lowest BCUT2D eigenvalue weighted by Gasteiger charge is -2.07. The summed E-state index contributed by atoms with van der Waals surface area (Å²) in [4.78, 5) is 0. The first-order valence-electron chi connectivity index (χ1n) is 8.70. The van der Waals surface area contributed by atoms with Crippen LogP contribution in [-0.2, 0) is 0 Å². The number of nitrogens with one attached hydrogen (secondary N) is 4. The Morgan fingerprint density at radius 2 is 1.08 bits per heavy atom. The predicted octanol–water partition coefficient (Wildman–Crippen LogP) is -1.04. The maximum Gasteiger partial charge on any atom is 0.118 e. The summed E-state index contributed by atoms with van der Waals surface area (Å²) in [5.74, 6) is 0.368. The van der Waals surface area contributed by atoms with Gasteiger partial charge in [0.25, 0.3) is 0 Å². The summed E-state index contributed by atoms with van der Waals surface area (Å²) in [7, 11) is 0. The van der Waals surface area contributed by atoms with Crippen LogP contribution in [0, 0.1) is 6.92 Å². The van der Waals surface area contributed by atoms with Gasteiger partial charge in [-0.05, 0) is 18.6 Å². The highest BCUT2D eigenvalue weighted by Gasteiger charge is 1.89. The Hall–Kier alpha value is -1.22. The zero-order valence-electron chi connectivity index (χ0n) is 15.0. The van der Waals surface area contributed by atoms with Crippen molar-refractivity contribution in [3.8, 4) is 5.75 Å². The van der Waals surface area contributed by atoms with E-state index in [4.69, 9.17) is 16.6 Å². The molecule has 0 atom stereocenters. The van der Waals surface area contributed by atoms with Gasteiger partial charge in [-0.1, -0.05) is 18.2 Å². The number of para-hydroxylation sites is 1. The Morgan fingerprint density at radius 3 is 1.38 bits per heavy atom. The van der Waals surface area contributed by atoms with Gasteiger partial charge in [0.15, 0.2) is 0 Å². The number of hydrogen-bond acceptors (Lipinski definition) is 7. The molecule has 0 fully saturated rings. The van der Waals surface area contributed by atoms with Crippen molar-refractivity contribution in [2.24, 2.45) is 11.5 Å². The highest BCUT2D eigenvalue weighted by Crippen LogP contribution is 2.12. The summed E-state index contributed by atoms with van der Waals surface area (Å²) in [6.07, 6.45) is 0. The van der Waals surface area contributed by atoms with E-state index in [-0.39, 0.29) is 0 Å².